The first-order valence-corrected chi connectivity index (χ1v) is 4.01. The van der Waals surface area contributed by atoms with Crippen LogP contribution in [0.2, 0.25) is 0 Å². The molecule has 0 spiro atoms. The van der Waals surface area contributed by atoms with Gasteiger partial charge in [-0.25, -0.2) is 5.84 Å². The molecule has 1 aliphatic rings. The van der Waals surface area contributed by atoms with E-state index in [1.807, 2.05) is 0 Å². The second-order valence-corrected chi connectivity index (χ2v) is 2.86. The van der Waals surface area contributed by atoms with E-state index in [1.165, 1.54) is 12.8 Å². The van der Waals surface area contributed by atoms with Gasteiger partial charge in [-0.3, -0.25) is 15.1 Å². The van der Waals surface area contributed by atoms with Gasteiger partial charge in [0.2, 0.25) is 5.91 Å². The number of hydrogen-bond acceptors (Lipinski definition) is 3. The van der Waals surface area contributed by atoms with Crippen LogP contribution in [0.5, 0.6) is 0 Å². The summed E-state index contributed by atoms with van der Waals surface area (Å²) in [4.78, 5) is 13.0. The molecule has 1 rings (SSSR count). The maximum atomic E-state index is 10.8. The molecule has 11 heavy (non-hydrogen) atoms. The van der Waals surface area contributed by atoms with Gasteiger partial charge in [0.25, 0.3) is 0 Å². The number of likely N-dealkylation sites (N-methyl/N-ethyl adjacent to an activating group) is 1. The summed E-state index contributed by atoms with van der Waals surface area (Å²) in [5.41, 5.74) is 2.13. The first-order chi connectivity index (χ1) is 5.27. The Labute approximate surface area is 66.7 Å². The molecule has 0 bridgehead atoms. The Morgan fingerprint density at radius 3 is 2.73 bits per heavy atom. The van der Waals surface area contributed by atoms with Crippen molar-refractivity contribution in [3.63, 3.8) is 0 Å². The number of hydrogen-bond donors (Lipinski definition) is 2. The number of rotatable bonds is 4. The van der Waals surface area contributed by atoms with Crippen molar-refractivity contribution in [3.05, 3.63) is 0 Å². The number of carbonyl (C=O) groups is 1. The van der Waals surface area contributed by atoms with Crippen molar-refractivity contribution < 1.29 is 4.79 Å². The van der Waals surface area contributed by atoms with E-state index < -0.39 is 0 Å². The van der Waals surface area contributed by atoms with Gasteiger partial charge in [-0.2, -0.15) is 0 Å². The topological polar surface area (TPSA) is 58.4 Å². The van der Waals surface area contributed by atoms with Gasteiger partial charge in [-0.05, 0) is 19.4 Å². The van der Waals surface area contributed by atoms with Crippen molar-refractivity contribution in [1.82, 2.24) is 10.3 Å². The Bertz CT molecular complexity index is 145. The number of nitrogens with one attached hydrogen (secondary N) is 1. The molecule has 1 fully saturated rings. The first kappa shape index (κ1) is 8.49. The van der Waals surface area contributed by atoms with Gasteiger partial charge in [0.05, 0.1) is 6.54 Å². The summed E-state index contributed by atoms with van der Waals surface area (Å²) in [6.45, 7) is 3.43. The largest absolute Gasteiger partial charge is 0.293 e. The van der Waals surface area contributed by atoms with Crippen LogP contribution in [0.15, 0.2) is 0 Å². The lowest BCUT2D eigenvalue weighted by Crippen LogP contribution is -2.41. The molecule has 3 N–H and O–H groups in total. The maximum Gasteiger partial charge on any atom is 0.248 e. The van der Waals surface area contributed by atoms with E-state index in [9.17, 15) is 4.79 Å². The van der Waals surface area contributed by atoms with E-state index in [-0.39, 0.29) is 5.91 Å². The minimum absolute atomic E-state index is 0.0984. The van der Waals surface area contributed by atoms with E-state index in [0.717, 1.165) is 6.54 Å². The van der Waals surface area contributed by atoms with E-state index in [0.29, 0.717) is 12.6 Å². The molecular weight excluding hydrogens is 142 g/mol. The molecule has 0 aromatic rings. The minimum Gasteiger partial charge on any atom is -0.293 e. The summed E-state index contributed by atoms with van der Waals surface area (Å²) in [5.74, 6) is 4.87. The van der Waals surface area contributed by atoms with E-state index in [2.05, 4.69) is 17.2 Å². The van der Waals surface area contributed by atoms with Crippen LogP contribution in [0.25, 0.3) is 0 Å². The highest BCUT2D eigenvalue weighted by atomic mass is 16.2. The second-order valence-electron chi connectivity index (χ2n) is 2.86. The lowest BCUT2D eigenvalue weighted by molar-refractivity contribution is -0.122. The zero-order chi connectivity index (χ0) is 8.27. The summed E-state index contributed by atoms with van der Waals surface area (Å²) >= 11 is 0. The molecular formula is C7H15N3O. The van der Waals surface area contributed by atoms with Crippen molar-refractivity contribution in [1.29, 1.82) is 0 Å². The van der Waals surface area contributed by atoms with Crippen molar-refractivity contribution >= 4 is 5.91 Å². The highest BCUT2D eigenvalue weighted by Gasteiger charge is 2.28. The van der Waals surface area contributed by atoms with Crippen LogP contribution in [0, 0.1) is 0 Å². The molecule has 0 aromatic carbocycles. The Morgan fingerprint density at radius 2 is 2.36 bits per heavy atom. The van der Waals surface area contributed by atoms with Crippen LogP contribution < -0.4 is 11.3 Å². The van der Waals surface area contributed by atoms with Gasteiger partial charge < -0.3 is 0 Å². The molecule has 0 saturated heterocycles. The van der Waals surface area contributed by atoms with Crippen molar-refractivity contribution in [3.8, 4) is 0 Å². The summed E-state index contributed by atoms with van der Waals surface area (Å²) in [5, 5.41) is 0. The molecule has 4 heteroatoms. The lowest BCUT2D eigenvalue weighted by atomic mass is 10.4. The summed E-state index contributed by atoms with van der Waals surface area (Å²) in [6.07, 6.45) is 2.46. The standard InChI is InChI=1S/C7H15N3O/c1-2-10(6-3-4-6)5-7(11)9-8/h6H,2-5,8H2,1H3,(H,9,11). The predicted molar refractivity (Wildman–Crippen MR) is 42.6 cm³/mol. The van der Waals surface area contributed by atoms with Gasteiger partial charge in [0.15, 0.2) is 0 Å². The first-order valence-electron chi connectivity index (χ1n) is 4.01. The number of carbonyl (C=O) groups excluding carboxylic acids is 1. The van der Waals surface area contributed by atoms with Gasteiger partial charge in [-0.1, -0.05) is 6.92 Å². The fourth-order valence-corrected chi connectivity index (χ4v) is 1.17. The molecule has 1 amide bonds. The SMILES string of the molecule is CCN(CC(=O)NN)C1CC1. The van der Waals surface area contributed by atoms with E-state index >= 15 is 0 Å². The zero-order valence-corrected chi connectivity index (χ0v) is 6.84. The van der Waals surface area contributed by atoms with E-state index in [1.54, 1.807) is 0 Å². The van der Waals surface area contributed by atoms with Crippen LogP contribution in [0.3, 0.4) is 0 Å². The summed E-state index contributed by atoms with van der Waals surface area (Å²) in [7, 11) is 0. The fourth-order valence-electron chi connectivity index (χ4n) is 1.17. The quantitative estimate of drug-likeness (QED) is 0.327. The number of nitrogens with zero attached hydrogens (tertiary/aromatic N) is 1. The average molecular weight is 157 g/mol. The fraction of sp³-hybridized carbons (Fsp3) is 0.857. The number of nitrogens with two attached hydrogens (primary N) is 1. The third-order valence-electron chi connectivity index (χ3n) is 1.98. The molecule has 0 aliphatic heterocycles. The van der Waals surface area contributed by atoms with Crippen LogP contribution in [-0.2, 0) is 4.79 Å². The second kappa shape index (κ2) is 3.69. The number of amides is 1. The zero-order valence-electron chi connectivity index (χ0n) is 6.84. The number of hydrazine groups is 1. The Morgan fingerprint density at radius 1 is 1.73 bits per heavy atom. The molecule has 1 aliphatic carbocycles. The molecule has 0 aromatic heterocycles. The minimum atomic E-state index is -0.0984. The van der Waals surface area contributed by atoms with E-state index in [4.69, 9.17) is 5.84 Å². The van der Waals surface area contributed by atoms with Gasteiger partial charge in [0, 0.05) is 6.04 Å². The van der Waals surface area contributed by atoms with Crippen LogP contribution in [0.4, 0.5) is 0 Å². The van der Waals surface area contributed by atoms with Gasteiger partial charge in [0.1, 0.15) is 0 Å². The molecule has 0 atom stereocenters. The third kappa shape index (κ3) is 2.48. The lowest BCUT2D eigenvalue weighted by Gasteiger charge is -2.17. The Hall–Kier alpha value is -0.610. The average Bonchev–Trinajstić information content (AvgIpc) is 2.82. The maximum absolute atomic E-state index is 10.8. The highest BCUT2D eigenvalue weighted by Crippen LogP contribution is 2.25. The van der Waals surface area contributed by atoms with Crippen LogP contribution >= 0.6 is 0 Å². The molecule has 0 unspecified atom stereocenters. The van der Waals surface area contributed by atoms with Gasteiger partial charge >= 0.3 is 0 Å². The Balaban J connectivity index is 2.25. The summed E-state index contributed by atoms with van der Waals surface area (Å²) < 4.78 is 0. The van der Waals surface area contributed by atoms with Crippen molar-refractivity contribution in [2.24, 2.45) is 5.84 Å². The molecule has 4 nitrogen and oxygen atoms in total. The van der Waals surface area contributed by atoms with Crippen LogP contribution in [-0.4, -0.2) is 29.9 Å². The predicted octanol–water partition coefficient (Wildman–Crippen LogP) is -0.539. The van der Waals surface area contributed by atoms with Crippen molar-refractivity contribution in [2.45, 2.75) is 25.8 Å². The molecule has 1 saturated carbocycles. The molecule has 0 radical (unpaired) electrons. The van der Waals surface area contributed by atoms with Crippen molar-refractivity contribution in [2.75, 3.05) is 13.1 Å². The smallest absolute Gasteiger partial charge is 0.248 e. The summed E-state index contributed by atoms with van der Waals surface area (Å²) in [6, 6.07) is 0.636. The molecule has 64 valence electrons. The normalized spacial score (nSPS) is 17.0. The Kier molecular flexibility index (Phi) is 2.84. The highest BCUT2D eigenvalue weighted by molar-refractivity contribution is 5.77. The monoisotopic (exact) mass is 157 g/mol. The van der Waals surface area contributed by atoms with Crippen LogP contribution in [0.1, 0.15) is 19.8 Å². The van der Waals surface area contributed by atoms with Gasteiger partial charge in [-0.15, -0.1) is 0 Å². The third-order valence-corrected chi connectivity index (χ3v) is 1.98. The molecule has 0 heterocycles.